The van der Waals surface area contributed by atoms with E-state index in [-0.39, 0.29) is 0 Å². The van der Waals surface area contributed by atoms with Crippen LogP contribution in [0.2, 0.25) is 0 Å². The first-order valence-corrected chi connectivity index (χ1v) is 13.8. The lowest BCUT2D eigenvalue weighted by molar-refractivity contribution is 0.111. The van der Waals surface area contributed by atoms with Crippen LogP contribution in [0.15, 0.2) is 77.9 Å². The average molecular weight is 516 g/mol. The molecule has 0 radical (unpaired) electrons. The topological polar surface area (TPSA) is 77.4 Å². The molecule has 3 aromatic rings. The third-order valence-electron chi connectivity index (χ3n) is 4.23. The summed E-state index contributed by atoms with van der Waals surface area (Å²) in [6, 6.07) is 20.3. The molecule has 0 aliphatic heterocycles. The minimum Gasteiger partial charge on any atom is -0.429 e. The molecule has 33 heavy (non-hydrogen) atoms. The van der Waals surface area contributed by atoms with Crippen molar-refractivity contribution in [2.24, 2.45) is 5.10 Å². The van der Waals surface area contributed by atoms with Gasteiger partial charge in [-0.15, -0.1) is 0 Å². The highest BCUT2D eigenvalue weighted by atomic mass is 32.5. The van der Waals surface area contributed by atoms with Gasteiger partial charge in [-0.05, 0) is 90.2 Å². The fourth-order valence-electron chi connectivity index (χ4n) is 2.49. The van der Waals surface area contributed by atoms with E-state index >= 15 is 0 Å². The summed E-state index contributed by atoms with van der Waals surface area (Å²) in [5.74, 6) is 1.52. The summed E-state index contributed by atoms with van der Waals surface area (Å²) in [4.78, 5) is 21.9. The predicted molar refractivity (Wildman–Crippen MR) is 136 cm³/mol. The van der Waals surface area contributed by atoms with Gasteiger partial charge in [0, 0.05) is 30.0 Å². The second-order valence-electron chi connectivity index (χ2n) is 6.49. The van der Waals surface area contributed by atoms with E-state index in [2.05, 4.69) is 5.10 Å². The van der Waals surface area contributed by atoms with Crippen LogP contribution in [0.5, 0.6) is 17.2 Å². The maximum atomic E-state index is 10.9. The van der Waals surface area contributed by atoms with Gasteiger partial charge in [0.25, 0.3) is 0 Å². The zero-order valence-electron chi connectivity index (χ0n) is 17.3. The Labute approximate surface area is 203 Å². The predicted octanol–water partition coefficient (Wildman–Crippen LogP) is 5.66. The van der Waals surface area contributed by atoms with E-state index in [0.29, 0.717) is 36.0 Å². The van der Waals surface area contributed by atoms with Crippen molar-refractivity contribution in [2.45, 2.75) is 0 Å². The van der Waals surface area contributed by atoms with Gasteiger partial charge >= 0.3 is 6.64 Å². The molecule has 0 atom stereocenters. The number of carbonyl (C=O) groups is 2. The van der Waals surface area contributed by atoms with Gasteiger partial charge < -0.3 is 13.6 Å². The molecule has 0 aromatic heterocycles. The van der Waals surface area contributed by atoms with Gasteiger partial charge in [0.2, 0.25) is 7.58 Å². The summed E-state index contributed by atoms with van der Waals surface area (Å²) in [5, 5.41) is 4.43. The molecule has 11 heteroatoms. The van der Waals surface area contributed by atoms with E-state index in [4.69, 9.17) is 37.2 Å². The lowest BCUT2D eigenvalue weighted by Gasteiger charge is -2.29. The van der Waals surface area contributed by atoms with Crippen LogP contribution in [0.4, 0.5) is 0 Å². The molecule has 3 aromatic carbocycles. The fourth-order valence-corrected chi connectivity index (χ4v) is 4.83. The molecule has 0 saturated carbocycles. The number of hydrogen-bond donors (Lipinski definition) is 0. The lowest BCUT2D eigenvalue weighted by Crippen LogP contribution is -2.17. The highest BCUT2D eigenvalue weighted by Gasteiger charge is 2.28. The smallest absolute Gasteiger partial charge is 0.410 e. The van der Waals surface area contributed by atoms with Gasteiger partial charge in [-0.1, -0.05) is 0 Å². The van der Waals surface area contributed by atoms with Crippen molar-refractivity contribution in [3.63, 3.8) is 0 Å². The highest BCUT2D eigenvalue weighted by Crippen LogP contribution is 2.51. The first-order valence-electron chi connectivity index (χ1n) is 9.43. The van der Waals surface area contributed by atoms with E-state index < -0.39 is 6.64 Å². The van der Waals surface area contributed by atoms with Gasteiger partial charge in [-0.25, -0.2) is 4.78 Å². The van der Waals surface area contributed by atoms with Crippen LogP contribution in [-0.2, 0) is 23.6 Å². The first-order chi connectivity index (χ1) is 16.0. The second kappa shape index (κ2) is 11.8. The van der Waals surface area contributed by atoms with Gasteiger partial charge in [0.05, 0.1) is 6.21 Å². The Morgan fingerprint density at radius 3 is 1.64 bits per heavy atom. The summed E-state index contributed by atoms with van der Waals surface area (Å²) >= 11 is 10.6. The summed E-state index contributed by atoms with van der Waals surface area (Å²) in [6.07, 6.45) is 3.10. The number of aldehydes is 2. The van der Waals surface area contributed by atoms with Gasteiger partial charge in [-0.2, -0.15) is 5.10 Å². The Morgan fingerprint density at radius 1 is 0.788 bits per heavy atom. The van der Waals surface area contributed by atoms with Crippen LogP contribution < -0.4 is 13.6 Å². The Balaban J connectivity index is 1.86. The number of hydrazone groups is 1. The van der Waals surface area contributed by atoms with Crippen molar-refractivity contribution < 1.29 is 23.2 Å². The lowest BCUT2D eigenvalue weighted by atomic mass is 10.2. The third-order valence-corrected chi connectivity index (χ3v) is 7.59. The van der Waals surface area contributed by atoms with Crippen molar-refractivity contribution in [3.05, 3.63) is 89.5 Å². The second-order valence-corrected chi connectivity index (χ2v) is 10.5. The van der Waals surface area contributed by atoms with Crippen molar-refractivity contribution in [3.8, 4) is 17.2 Å². The Morgan fingerprint density at radius 2 is 1.21 bits per heavy atom. The largest absolute Gasteiger partial charge is 0.429 e. The maximum absolute atomic E-state index is 10.9. The van der Waals surface area contributed by atoms with E-state index in [1.807, 2.05) is 12.1 Å². The van der Waals surface area contributed by atoms with E-state index in [0.717, 1.165) is 18.1 Å². The molecule has 0 bridgehead atoms. The normalized spacial score (nSPS) is 11.2. The molecule has 0 fully saturated rings. The van der Waals surface area contributed by atoms with Crippen LogP contribution in [-0.4, -0.2) is 30.6 Å². The van der Waals surface area contributed by atoms with Crippen molar-refractivity contribution in [1.29, 1.82) is 0 Å². The van der Waals surface area contributed by atoms with Gasteiger partial charge in [0.1, 0.15) is 29.8 Å². The Hall–Kier alpha value is -2.96. The molecule has 0 spiro atoms. The summed E-state index contributed by atoms with van der Waals surface area (Å²) in [5.41, 5.74) is 1.83. The molecule has 0 N–H and O–H groups in total. The monoisotopic (exact) mass is 516 g/mol. The molecular weight excluding hydrogens is 498 g/mol. The summed E-state index contributed by atoms with van der Waals surface area (Å²) < 4.78 is 18.8. The molecule has 0 aliphatic rings. The van der Waals surface area contributed by atoms with Gasteiger partial charge in [0.15, 0.2) is 0 Å². The summed E-state index contributed by atoms with van der Waals surface area (Å²) in [7, 11) is 2.06. The molecule has 3 rings (SSSR count). The minimum atomic E-state index is -3.21. The molecule has 0 amide bonds. The number of benzene rings is 3. The fraction of sp³-hybridized carbons (Fsp3) is 0.0455. The first kappa shape index (κ1) is 24.7. The molecule has 7 nitrogen and oxygen atoms in total. The zero-order valence-corrected chi connectivity index (χ0v) is 20.7. The van der Waals surface area contributed by atoms with E-state index in [1.54, 1.807) is 73.9 Å². The molecule has 168 valence electrons. The van der Waals surface area contributed by atoms with Gasteiger partial charge in [-0.3, -0.25) is 9.59 Å². The zero-order chi connectivity index (χ0) is 23.7. The van der Waals surface area contributed by atoms with Crippen LogP contribution in [0.1, 0.15) is 26.3 Å². The number of rotatable bonds is 11. The quantitative estimate of drug-likeness (QED) is 0.140. The van der Waals surface area contributed by atoms with Crippen LogP contribution in [0, 0.1) is 0 Å². The van der Waals surface area contributed by atoms with Crippen LogP contribution in [0.3, 0.4) is 0 Å². The van der Waals surface area contributed by atoms with Crippen molar-refractivity contribution in [1.82, 2.24) is 4.78 Å². The SMILES string of the molecule is CN(/N=C/c1ccc(OP=S)cc1)P(=S)(Oc1ccc(C=O)cc1)Oc1ccc(C=O)cc1. The molecule has 0 unspecified atom stereocenters. The van der Waals surface area contributed by atoms with Crippen LogP contribution >= 0.6 is 14.2 Å². The third kappa shape index (κ3) is 7.01. The number of carbonyl (C=O) groups excluding carboxylic acids is 2. The molecule has 0 aliphatic carbocycles. The number of nitrogens with zero attached hydrogens (tertiary/aromatic N) is 2. The van der Waals surface area contributed by atoms with E-state index in [9.17, 15) is 9.59 Å². The standard InChI is InChI=1S/C22H18N2O5P2S2/c1-24(23-14-17-2-8-20(9-3-17)27-30-32)31(33,28-21-10-4-18(15-25)5-11-21)29-22-12-6-19(16-26)7-13-22/h2-16H,1H3/b23-14+. The maximum Gasteiger partial charge on any atom is 0.410 e. The average Bonchev–Trinajstić information content (AvgIpc) is 2.84. The Kier molecular flexibility index (Phi) is 8.80. The van der Waals surface area contributed by atoms with Crippen molar-refractivity contribution >= 4 is 56.6 Å². The highest BCUT2D eigenvalue weighted by molar-refractivity contribution is 8.09. The van der Waals surface area contributed by atoms with E-state index in [1.165, 1.54) is 4.78 Å². The molecule has 0 heterocycles. The van der Waals surface area contributed by atoms with Crippen LogP contribution in [0.25, 0.3) is 0 Å². The molecular formula is C22H18N2O5P2S2. The summed E-state index contributed by atoms with van der Waals surface area (Å²) in [6.45, 7) is -3.21. The van der Waals surface area contributed by atoms with Crippen molar-refractivity contribution in [2.75, 3.05) is 7.05 Å². The number of hydrogen-bond acceptors (Lipinski definition) is 8. The Bertz CT molecular complexity index is 1130. The minimum absolute atomic E-state index is 0.400. The molecule has 0 saturated heterocycles.